The Labute approximate surface area is 129 Å². The van der Waals surface area contributed by atoms with Gasteiger partial charge in [0.25, 0.3) is 0 Å². The summed E-state index contributed by atoms with van der Waals surface area (Å²) in [5.41, 5.74) is 0. The second kappa shape index (κ2) is 7.64. The minimum Gasteiger partial charge on any atom is -0.493 e. The fourth-order valence-corrected chi connectivity index (χ4v) is 1.92. The van der Waals surface area contributed by atoms with Crippen molar-refractivity contribution >= 4 is 11.6 Å². The molecule has 5 heteroatoms. The predicted molar refractivity (Wildman–Crippen MR) is 82.0 cm³/mol. The molecule has 2 aromatic rings. The second-order valence-electron chi connectivity index (χ2n) is 4.14. The summed E-state index contributed by atoms with van der Waals surface area (Å²) < 4.78 is 21.8. The Kier molecular flexibility index (Phi) is 5.58. The Hall–Kier alpha value is -2.07. The number of hydrogen-bond donors (Lipinski definition) is 0. The van der Waals surface area contributed by atoms with Gasteiger partial charge >= 0.3 is 0 Å². The van der Waals surface area contributed by atoms with E-state index in [1.807, 2.05) is 30.3 Å². The van der Waals surface area contributed by atoms with Crippen molar-refractivity contribution in [3.05, 3.63) is 47.5 Å². The van der Waals surface area contributed by atoms with Gasteiger partial charge in [-0.3, -0.25) is 0 Å². The molecule has 0 spiro atoms. The van der Waals surface area contributed by atoms with E-state index in [2.05, 4.69) is 0 Å². The number of para-hydroxylation sites is 1. The Morgan fingerprint density at radius 1 is 0.810 bits per heavy atom. The van der Waals surface area contributed by atoms with Crippen molar-refractivity contribution in [2.45, 2.75) is 0 Å². The fourth-order valence-electron chi connectivity index (χ4n) is 1.79. The molecule has 2 aromatic carbocycles. The third kappa shape index (κ3) is 4.20. The summed E-state index contributed by atoms with van der Waals surface area (Å²) in [6, 6.07) is 12.7. The van der Waals surface area contributed by atoms with Crippen LogP contribution in [0.5, 0.6) is 23.0 Å². The quantitative estimate of drug-likeness (QED) is 0.729. The summed E-state index contributed by atoms with van der Waals surface area (Å²) >= 11 is 5.81. The highest BCUT2D eigenvalue weighted by Gasteiger charge is 2.10. The SMILES string of the molecule is COc1cccc(OC)c1OCCOc1ccc(Cl)cc1. The van der Waals surface area contributed by atoms with Crippen molar-refractivity contribution in [1.82, 2.24) is 0 Å². The van der Waals surface area contributed by atoms with Crippen molar-refractivity contribution in [3.8, 4) is 23.0 Å². The minimum atomic E-state index is 0.374. The number of hydrogen-bond acceptors (Lipinski definition) is 4. The molecule has 0 fully saturated rings. The van der Waals surface area contributed by atoms with E-state index < -0.39 is 0 Å². The van der Waals surface area contributed by atoms with Crippen molar-refractivity contribution in [2.75, 3.05) is 27.4 Å². The molecule has 4 nitrogen and oxygen atoms in total. The third-order valence-electron chi connectivity index (χ3n) is 2.79. The van der Waals surface area contributed by atoms with Gasteiger partial charge in [0.15, 0.2) is 11.5 Å². The first kappa shape index (κ1) is 15.3. The zero-order valence-corrected chi connectivity index (χ0v) is 12.7. The molecule has 0 heterocycles. The van der Waals surface area contributed by atoms with E-state index in [1.165, 1.54) is 0 Å². The van der Waals surface area contributed by atoms with Crippen LogP contribution in [0.1, 0.15) is 0 Å². The molecule has 0 saturated heterocycles. The van der Waals surface area contributed by atoms with Crippen molar-refractivity contribution in [1.29, 1.82) is 0 Å². The van der Waals surface area contributed by atoms with Gasteiger partial charge in [0.2, 0.25) is 5.75 Å². The lowest BCUT2D eigenvalue weighted by molar-refractivity contribution is 0.205. The normalized spacial score (nSPS) is 10.0. The van der Waals surface area contributed by atoms with Crippen LogP contribution in [0.15, 0.2) is 42.5 Å². The standard InChI is InChI=1S/C16H17ClO4/c1-18-14-4-3-5-15(19-2)16(14)21-11-10-20-13-8-6-12(17)7-9-13/h3-9H,10-11H2,1-2H3. The van der Waals surface area contributed by atoms with Crippen LogP contribution >= 0.6 is 11.6 Å². The van der Waals surface area contributed by atoms with E-state index in [0.717, 1.165) is 5.75 Å². The smallest absolute Gasteiger partial charge is 0.203 e. The van der Waals surface area contributed by atoms with E-state index in [0.29, 0.717) is 35.5 Å². The molecule has 0 aromatic heterocycles. The summed E-state index contributed by atoms with van der Waals surface area (Å²) in [4.78, 5) is 0. The van der Waals surface area contributed by atoms with Crippen molar-refractivity contribution in [3.63, 3.8) is 0 Å². The summed E-state index contributed by atoms with van der Waals surface area (Å²) in [7, 11) is 3.18. The molecule has 0 radical (unpaired) electrons. The third-order valence-corrected chi connectivity index (χ3v) is 3.05. The van der Waals surface area contributed by atoms with Gasteiger partial charge < -0.3 is 18.9 Å². The molecule has 0 N–H and O–H groups in total. The lowest BCUT2D eigenvalue weighted by atomic mass is 10.3. The van der Waals surface area contributed by atoms with E-state index in [4.69, 9.17) is 30.5 Å². The topological polar surface area (TPSA) is 36.9 Å². The van der Waals surface area contributed by atoms with Crippen LogP contribution < -0.4 is 18.9 Å². The summed E-state index contributed by atoms with van der Waals surface area (Å²) in [5, 5.41) is 0.678. The minimum absolute atomic E-state index is 0.374. The summed E-state index contributed by atoms with van der Waals surface area (Å²) in [6.07, 6.45) is 0. The lowest BCUT2D eigenvalue weighted by Crippen LogP contribution is -2.10. The Bertz CT molecular complexity index is 547. The first-order valence-electron chi connectivity index (χ1n) is 6.46. The molecule has 0 amide bonds. The molecule has 2 rings (SSSR count). The molecule has 0 unspecified atom stereocenters. The predicted octanol–water partition coefficient (Wildman–Crippen LogP) is 3.82. The molecule has 0 bridgehead atoms. The maximum Gasteiger partial charge on any atom is 0.203 e. The molecule has 0 aliphatic carbocycles. The van der Waals surface area contributed by atoms with E-state index in [9.17, 15) is 0 Å². The second-order valence-corrected chi connectivity index (χ2v) is 4.58. The van der Waals surface area contributed by atoms with Gasteiger partial charge in [-0.1, -0.05) is 17.7 Å². The largest absolute Gasteiger partial charge is 0.493 e. The van der Waals surface area contributed by atoms with Gasteiger partial charge in [-0.05, 0) is 36.4 Å². The molecule has 0 saturated carbocycles. The average molecular weight is 309 g/mol. The molecule has 0 aliphatic heterocycles. The van der Waals surface area contributed by atoms with Gasteiger partial charge in [-0.15, -0.1) is 0 Å². The molecule has 0 aliphatic rings. The Balaban J connectivity index is 1.90. The number of methoxy groups -OCH3 is 2. The number of ether oxygens (including phenoxy) is 4. The van der Waals surface area contributed by atoms with Gasteiger partial charge in [0.1, 0.15) is 19.0 Å². The van der Waals surface area contributed by atoms with Crippen LogP contribution in [0.4, 0.5) is 0 Å². The number of halogens is 1. The maximum absolute atomic E-state index is 5.81. The number of rotatable bonds is 7. The van der Waals surface area contributed by atoms with Crippen LogP contribution in [-0.4, -0.2) is 27.4 Å². The maximum atomic E-state index is 5.81. The van der Waals surface area contributed by atoms with Gasteiger partial charge in [-0.25, -0.2) is 0 Å². The highest BCUT2D eigenvalue weighted by Crippen LogP contribution is 2.36. The summed E-state index contributed by atoms with van der Waals surface area (Å²) in [5.74, 6) is 2.57. The van der Waals surface area contributed by atoms with Crippen LogP contribution in [0.3, 0.4) is 0 Å². The van der Waals surface area contributed by atoms with Gasteiger partial charge in [0, 0.05) is 5.02 Å². The number of benzene rings is 2. The molecular formula is C16H17ClO4. The van der Waals surface area contributed by atoms with Crippen molar-refractivity contribution in [2.24, 2.45) is 0 Å². The Morgan fingerprint density at radius 2 is 1.38 bits per heavy atom. The van der Waals surface area contributed by atoms with Gasteiger partial charge in [-0.2, -0.15) is 0 Å². The Morgan fingerprint density at radius 3 is 1.95 bits per heavy atom. The average Bonchev–Trinajstić information content (AvgIpc) is 2.53. The van der Waals surface area contributed by atoms with Crippen molar-refractivity contribution < 1.29 is 18.9 Å². The first-order chi connectivity index (χ1) is 10.2. The van der Waals surface area contributed by atoms with Crippen LogP contribution in [-0.2, 0) is 0 Å². The molecule has 112 valence electrons. The zero-order valence-electron chi connectivity index (χ0n) is 12.0. The van der Waals surface area contributed by atoms with Crippen LogP contribution in [0.2, 0.25) is 5.02 Å². The monoisotopic (exact) mass is 308 g/mol. The first-order valence-corrected chi connectivity index (χ1v) is 6.84. The van der Waals surface area contributed by atoms with Crippen LogP contribution in [0, 0.1) is 0 Å². The fraction of sp³-hybridized carbons (Fsp3) is 0.250. The van der Waals surface area contributed by atoms with E-state index in [1.54, 1.807) is 26.4 Å². The highest BCUT2D eigenvalue weighted by molar-refractivity contribution is 6.30. The summed E-state index contributed by atoms with van der Waals surface area (Å²) in [6.45, 7) is 0.780. The molecule has 0 atom stereocenters. The van der Waals surface area contributed by atoms with Crippen LogP contribution in [0.25, 0.3) is 0 Å². The lowest BCUT2D eigenvalue weighted by Gasteiger charge is -2.14. The van der Waals surface area contributed by atoms with Gasteiger partial charge in [0.05, 0.1) is 14.2 Å². The molecule has 21 heavy (non-hydrogen) atoms. The zero-order chi connectivity index (χ0) is 15.1. The highest BCUT2D eigenvalue weighted by atomic mass is 35.5. The molecular weight excluding hydrogens is 292 g/mol. The van der Waals surface area contributed by atoms with E-state index in [-0.39, 0.29) is 0 Å². The van der Waals surface area contributed by atoms with E-state index >= 15 is 0 Å².